The maximum absolute atomic E-state index is 11.5. The number of ether oxygens (including phenoxy) is 1. The molecule has 0 spiro atoms. The van der Waals surface area contributed by atoms with Gasteiger partial charge in [0.1, 0.15) is 16.6 Å². The lowest BCUT2D eigenvalue weighted by Gasteiger charge is -2.19. The molecule has 89 valence electrons. The lowest BCUT2D eigenvalue weighted by atomic mass is 10.2. The molecule has 2 aromatic rings. The predicted octanol–water partition coefficient (Wildman–Crippen LogP) is 1.71. The summed E-state index contributed by atoms with van der Waals surface area (Å²) in [5.41, 5.74) is 3.17. The van der Waals surface area contributed by atoms with Crippen molar-refractivity contribution in [3.63, 3.8) is 0 Å². The average molecular weight is 233 g/mol. The molecule has 1 aromatic carbocycles. The lowest BCUT2D eigenvalue weighted by molar-refractivity contribution is 0.0610. The summed E-state index contributed by atoms with van der Waals surface area (Å²) in [6.45, 7) is 5.37. The number of aromatic nitrogens is 3. The number of fused-ring (bicyclic) bond motifs is 1. The van der Waals surface area contributed by atoms with Crippen LogP contribution in [0.15, 0.2) is 18.2 Å². The first-order valence-electron chi connectivity index (χ1n) is 5.18. The Labute approximate surface area is 98.5 Å². The monoisotopic (exact) mass is 233 g/mol. The molecule has 0 saturated heterocycles. The minimum atomic E-state index is -0.582. The summed E-state index contributed by atoms with van der Waals surface area (Å²) in [6, 6.07) is 8.24. The molecule has 0 aliphatic heterocycles. The van der Waals surface area contributed by atoms with E-state index in [0.717, 1.165) is 0 Å². The first kappa shape index (κ1) is 11.4. The minimum Gasteiger partial charge on any atom is -0.443 e. The van der Waals surface area contributed by atoms with Gasteiger partial charge in [-0.2, -0.15) is 0 Å². The molecule has 2 rings (SSSR count). The van der Waals surface area contributed by atoms with E-state index in [1.54, 1.807) is 39.0 Å². The number of rotatable bonds is 1. The molecular weight excluding hydrogens is 220 g/mol. The molecule has 6 heteroatoms. The Morgan fingerprint density at radius 1 is 1.53 bits per heavy atom. The van der Waals surface area contributed by atoms with Crippen molar-refractivity contribution in [1.82, 2.24) is 15.1 Å². The first-order valence-corrected chi connectivity index (χ1v) is 5.18. The van der Waals surface area contributed by atoms with E-state index >= 15 is 0 Å². The Balaban J connectivity index is 2.16. The molecule has 1 N–H and O–H groups in total. The number of amides is 1. The summed E-state index contributed by atoms with van der Waals surface area (Å²) in [7, 11) is 0. The molecule has 1 amide bonds. The number of nitrogens with one attached hydrogen (secondary N) is 1. The SMILES string of the molecule is CC(C)(C)OC(=O)Nn1nnc2ccc[c]c21. The van der Waals surface area contributed by atoms with Gasteiger partial charge >= 0.3 is 6.09 Å². The van der Waals surface area contributed by atoms with Crippen molar-refractivity contribution in [3.8, 4) is 0 Å². The van der Waals surface area contributed by atoms with Gasteiger partial charge in [0.15, 0.2) is 0 Å². The highest BCUT2D eigenvalue weighted by molar-refractivity contribution is 5.80. The van der Waals surface area contributed by atoms with Crippen LogP contribution in [-0.4, -0.2) is 26.8 Å². The highest BCUT2D eigenvalue weighted by atomic mass is 16.6. The van der Waals surface area contributed by atoms with E-state index in [1.165, 1.54) is 4.79 Å². The Hall–Kier alpha value is -2.11. The van der Waals surface area contributed by atoms with Crippen LogP contribution >= 0.6 is 0 Å². The molecule has 0 aliphatic carbocycles. The molecular formula is C11H13N4O2. The highest BCUT2D eigenvalue weighted by Crippen LogP contribution is 2.09. The molecule has 1 heterocycles. The van der Waals surface area contributed by atoms with E-state index in [9.17, 15) is 4.79 Å². The Bertz CT molecular complexity index is 542. The van der Waals surface area contributed by atoms with Crippen LogP contribution in [-0.2, 0) is 4.74 Å². The second kappa shape index (κ2) is 4.04. The van der Waals surface area contributed by atoms with Crippen molar-refractivity contribution in [2.24, 2.45) is 0 Å². The molecule has 1 aromatic heterocycles. The van der Waals surface area contributed by atoms with Crippen molar-refractivity contribution < 1.29 is 9.53 Å². The topological polar surface area (TPSA) is 69.0 Å². The molecule has 0 atom stereocenters. The van der Waals surface area contributed by atoms with Gasteiger partial charge in [-0.05, 0) is 32.1 Å². The van der Waals surface area contributed by atoms with Crippen LogP contribution in [0.5, 0.6) is 0 Å². The van der Waals surface area contributed by atoms with E-state index in [2.05, 4.69) is 21.8 Å². The average Bonchev–Trinajstić information content (AvgIpc) is 2.59. The third-order valence-corrected chi connectivity index (χ3v) is 1.86. The van der Waals surface area contributed by atoms with Gasteiger partial charge < -0.3 is 4.74 Å². The summed E-state index contributed by atoms with van der Waals surface area (Å²) in [5, 5.41) is 7.67. The lowest BCUT2D eigenvalue weighted by Crippen LogP contribution is -2.32. The fraction of sp³-hybridized carbons (Fsp3) is 0.364. The van der Waals surface area contributed by atoms with Crippen LogP contribution in [0.1, 0.15) is 20.8 Å². The van der Waals surface area contributed by atoms with Gasteiger partial charge in [0, 0.05) is 6.07 Å². The van der Waals surface area contributed by atoms with Crippen molar-refractivity contribution in [2.75, 3.05) is 5.43 Å². The second-order valence-corrected chi connectivity index (χ2v) is 4.52. The van der Waals surface area contributed by atoms with Crippen LogP contribution in [0.2, 0.25) is 0 Å². The van der Waals surface area contributed by atoms with E-state index in [1.807, 2.05) is 0 Å². The summed E-state index contributed by atoms with van der Waals surface area (Å²) in [6.07, 6.45) is -0.582. The molecule has 0 fully saturated rings. The minimum absolute atomic E-state index is 0.551. The number of hydrogen-bond donors (Lipinski definition) is 1. The van der Waals surface area contributed by atoms with Crippen molar-refractivity contribution in [1.29, 1.82) is 0 Å². The molecule has 17 heavy (non-hydrogen) atoms. The maximum Gasteiger partial charge on any atom is 0.428 e. The summed E-state index contributed by atoms with van der Waals surface area (Å²) >= 11 is 0. The highest BCUT2D eigenvalue weighted by Gasteiger charge is 2.17. The van der Waals surface area contributed by atoms with Crippen molar-refractivity contribution in [3.05, 3.63) is 24.3 Å². The van der Waals surface area contributed by atoms with Crippen molar-refractivity contribution in [2.45, 2.75) is 26.4 Å². The zero-order valence-corrected chi connectivity index (χ0v) is 9.89. The molecule has 0 unspecified atom stereocenters. The number of hydrogen-bond acceptors (Lipinski definition) is 4. The van der Waals surface area contributed by atoms with Crippen LogP contribution in [0.4, 0.5) is 4.79 Å². The summed E-state index contributed by atoms with van der Waals surface area (Å²) in [4.78, 5) is 12.8. The molecule has 0 saturated carbocycles. The van der Waals surface area contributed by atoms with E-state index in [4.69, 9.17) is 4.74 Å². The summed E-state index contributed by atoms with van der Waals surface area (Å²) in [5.74, 6) is 0. The van der Waals surface area contributed by atoms with E-state index < -0.39 is 11.7 Å². The van der Waals surface area contributed by atoms with E-state index in [0.29, 0.717) is 11.0 Å². The van der Waals surface area contributed by atoms with Gasteiger partial charge in [-0.3, -0.25) is 0 Å². The number of carbonyl (C=O) groups is 1. The van der Waals surface area contributed by atoms with Gasteiger partial charge in [0.05, 0.1) is 0 Å². The normalized spacial score (nSPS) is 11.5. The van der Waals surface area contributed by atoms with E-state index in [-0.39, 0.29) is 0 Å². The standard InChI is InChI=1S/C11H13N4O2/c1-11(2,3)17-10(16)13-15-9-7-5-4-6-8(9)12-14-15/h4-6H,1-3H3,(H,13,16). The predicted molar refractivity (Wildman–Crippen MR) is 62.0 cm³/mol. The Morgan fingerprint density at radius 2 is 2.29 bits per heavy atom. The molecule has 0 aliphatic rings. The van der Waals surface area contributed by atoms with Gasteiger partial charge in [0.2, 0.25) is 0 Å². The zero-order chi connectivity index (χ0) is 12.5. The molecule has 1 radical (unpaired) electrons. The first-order chi connectivity index (χ1) is 7.96. The van der Waals surface area contributed by atoms with Gasteiger partial charge in [-0.25, -0.2) is 10.2 Å². The smallest absolute Gasteiger partial charge is 0.428 e. The zero-order valence-electron chi connectivity index (χ0n) is 9.89. The van der Waals surface area contributed by atoms with Crippen molar-refractivity contribution >= 4 is 17.1 Å². The quantitative estimate of drug-likeness (QED) is 0.814. The van der Waals surface area contributed by atoms with Crippen LogP contribution in [0.3, 0.4) is 0 Å². The summed E-state index contributed by atoms with van der Waals surface area (Å²) < 4.78 is 5.11. The fourth-order valence-corrected chi connectivity index (χ4v) is 1.27. The third-order valence-electron chi connectivity index (χ3n) is 1.86. The molecule has 6 nitrogen and oxygen atoms in total. The van der Waals surface area contributed by atoms with Gasteiger partial charge in [0.25, 0.3) is 0 Å². The number of para-hydroxylation sites is 1. The largest absolute Gasteiger partial charge is 0.443 e. The fourth-order valence-electron chi connectivity index (χ4n) is 1.27. The molecule has 0 bridgehead atoms. The van der Waals surface area contributed by atoms with Crippen LogP contribution in [0.25, 0.3) is 11.0 Å². The number of benzene rings is 1. The number of nitrogens with zero attached hydrogens (tertiary/aromatic N) is 3. The number of carbonyl (C=O) groups excluding carboxylic acids is 1. The third kappa shape index (κ3) is 2.72. The maximum atomic E-state index is 11.5. The van der Waals surface area contributed by atoms with Gasteiger partial charge in [-0.1, -0.05) is 12.1 Å². The Morgan fingerprint density at radius 3 is 3.00 bits per heavy atom. The van der Waals surface area contributed by atoms with Gasteiger partial charge in [-0.15, -0.1) is 9.89 Å². The van der Waals surface area contributed by atoms with Crippen LogP contribution < -0.4 is 5.43 Å². The van der Waals surface area contributed by atoms with Crippen LogP contribution in [0, 0.1) is 6.07 Å². The Kier molecular flexibility index (Phi) is 2.71. The second-order valence-electron chi connectivity index (χ2n) is 4.52.